The smallest absolute Gasteiger partial charge is 0.276 e. The van der Waals surface area contributed by atoms with Gasteiger partial charge in [0.15, 0.2) is 16.6 Å². The first-order valence-corrected chi connectivity index (χ1v) is 10.2. The number of thiocarbonyl (C=S) groups is 1. The van der Waals surface area contributed by atoms with Crippen molar-refractivity contribution in [1.29, 1.82) is 0 Å². The largest absolute Gasteiger partial charge is 0.493 e. The molecular weight excluding hydrogens is 459 g/mol. The van der Waals surface area contributed by atoms with Gasteiger partial charge in [0.05, 0.1) is 11.6 Å². The van der Waals surface area contributed by atoms with Gasteiger partial charge in [0.1, 0.15) is 18.1 Å². The van der Waals surface area contributed by atoms with Crippen molar-refractivity contribution in [2.45, 2.75) is 20.0 Å². The molecule has 0 bridgehead atoms. The molecule has 0 spiro atoms. The number of hydrogen-bond acceptors (Lipinski definition) is 4. The summed E-state index contributed by atoms with van der Waals surface area (Å²) in [5.41, 5.74) is 1.57. The number of rotatable bonds is 7. The second-order valence-electron chi connectivity index (χ2n) is 6.36. The van der Waals surface area contributed by atoms with Crippen molar-refractivity contribution in [3.05, 3.63) is 63.5 Å². The summed E-state index contributed by atoms with van der Waals surface area (Å²) in [6.07, 6.45) is 2.52. The van der Waals surface area contributed by atoms with E-state index in [1.165, 1.54) is 13.2 Å². The summed E-state index contributed by atoms with van der Waals surface area (Å²) in [6.45, 7) is 2.61. The van der Waals surface area contributed by atoms with E-state index >= 15 is 0 Å². The van der Waals surface area contributed by atoms with Crippen LogP contribution in [0.25, 0.3) is 6.08 Å². The lowest BCUT2D eigenvalue weighted by atomic mass is 10.1. The molecule has 1 saturated heterocycles. The van der Waals surface area contributed by atoms with Crippen molar-refractivity contribution < 1.29 is 18.7 Å². The SMILES string of the molecule is CCCN1C(=O)/C(=C/c2cc(Br)c(OCc3ccccc3F)c(OC)c2)NC1=S. The summed E-state index contributed by atoms with van der Waals surface area (Å²) in [6, 6.07) is 9.97. The van der Waals surface area contributed by atoms with E-state index in [9.17, 15) is 9.18 Å². The van der Waals surface area contributed by atoms with Gasteiger partial charge in [-0.3, -0.25) is 9.69 Å². The van der Waals surface area contributed by atoms with Gasteiger partial charge in [-0.05, 0) is 64.4 Å². The molecule has 3 rings (SSSR count). The Labute approximate surface area is 182 Å². The summed E-state index contributed by atoms with van der Waals surface area (Å²) in [7, 11) is 1.52. The summed E-state index contributed by atoms with van der Waals surface area (Å²) >= 11 is 8.71. The molecule has 0 aliphatic carbocycles. The van der Waals surface area contributed by atoms with E-state index in [1.54, 1.807) is 41.3 Å². The molecule has 0 aromatic heterocycles. The second-order valence-corrected chi connectivity index (χ2v) is 7.60. The first-order chi connectivity index (χ1) is 13.9. The number of amides is 1. The van der Waals surface area contributed by atoms with Gasteiger partial charge in [0, 0.05) is 12.1 Å². The highest BCUT2D eigenvalue weighted by Gasteiger charge is 2.29. The van der Waals surface area contributed by atoms with Gasteiger partial charge < -0.3 is 14.8 Å². The topological polar surface area (TPSA) is 50.8 Å². The van der Waals surface area contributed by atoms with Crippen molar-refractivity contribution in [1.82, 2.24) is 10.2 Å². The van der Waals surface area contributed by atoms with E-state index in [0.717, 1.165) is 12.0 Å². The first kappa shape index (κ1) is 21.3. The maximum Gasteiger partial charge on any atom is 0.276 e. The van der Waals surface area contributed by atoms with E-state index in [1.807, 2.05) is 6.92 Å². The van der Waals surface area contributed by atoms with Crippen LogP contribution in [0.3, 0.4) is 0 Å². The highest BCUT2D eigenvalue weighted by molar-refractivity contribution is 9.10. The average molecular weight is 479 g/mol. The van der Waals surface area contributed by atoms with E-state index in [2.05, 4.69) is 21.2 Å². The molecule has 1 fully saturated rings. The summed E-state index contributed by atoms with van der Waals surface area (Å²) in [5, 5.41) is 3.35. The van der Waals surface area contributed by atoms with E-state index in [4.69, 9.17) is 21.7 Å². The van der Waals surface area contributed by atoms with Gasteiger partial charge in [-0.1, -0.05) is 25.1 Å². The third-order valence-electron chi connectivity index (χ3n) is 4.30. The van der Waals surface area contributed by atoms with Crippen molar-refractivity contribution in [2.75, 3.05) is 13.7 Å². The van der Waals surface area contributed by atoms with Crippen LogP contribution < -0.4 is 14.8 Å². The fraction of sp³-hybridized carbons (Fsp3) is 0.238. The predicted octanol–water partition coefficient (Wildman–Crippen LogP) is 4.64. The van der Waals surface area contributed by atoms with Crippen LogP contribution in [0.2, 0.25) is 0 Å². The molecule has 1 heterocycles. The molecule has 1 N–H and O–H groups in total. The van der Waals surface area contributed by atoms with Crippen molar-refractivity contribution in [3.63, 3.8) is 0 Å². The van der Waals surface area contributed by atoms with Gasteiger partial charge in [0.25, 0.3) is 5.91 Å². The zero-order valence-electron chi connectivity index (χ0n) is 16.0. The maximum absolute atomic E-state index is 13.8. The van der Waals surface area contributed by atoms with Crippen LogP contribution in [0, 0.1) is 5.82 Å². The zero-order chi connectivity index (χ0) is 21.0. The average Bonchev–Trinajstić information content (AvgIpc) is 2.95. The Morgan fingerprint density at radius 1 is 1.31 bits per heavy atom. The molecule has 0 atom stereocenters. The lowest BCUT2D eigenvalue weighted by Gasteiger charge is -2.14. The number of nitrogens with zero attached hydrogens (tertiary/aromatic N) is 1. The molecule has 1 amide bonds. The van der Waals surface area contributed by atoms with Gasteiger partial charge in [-0.15, -0.1) is 0 Å². The Morgan fingerprint density at radius 2 is 2.07 bits per heavy atom. The zero-order valence-corrected chi connectivity index (χ0v) is 18.4. The number of carbonyl (C=O) groups excluding carboxylic acids is 1. The number of carbonyl (C=O) groups is 1. The molecule has 29 heavy (non-hydrogen) atoms. The molecular formula is C21H20BrFN2O3S. The number of nitrogens with one attached hydrogen (secondary N) is 1. The fourth-order valence-electron chi connectivity index (χ4n) is 2.89. The Bertz CT molecular complexity index is 980. The summed E-state index contributed by atoms with van der Waals surface area (Å²) < 4.78 is 25.7. The molecule has 152 valence electrons. The van der Waals surface area contributed by atoms with Crippen LogP contribution in [0.4, 0.5) is 4.39 Å². The Hall–Kier alpha value is -2.45. The maximum atomic E-state index is 13.8. The van der Waals surface area contributed by atoms with Gasteiger partial charge in [0.2, 0.25) is 0 Å². The third-order valence-corrected chi connectivity index (χ3v) is 5.21. The fourth-order valence-corrected chi connectivity index (χ4v) is 3.75. The van der Waals surface area contributed by atoms with E-state index < -0.39 is 0 Å². The molecule has 0 unspecified atom stereocenters. The number of methoxy groups -OCH3 is 1. The van der Waals surface area contributed by atoms with Gasteiger partial charge in [-0.25, -0.2) is 4.39 Å². The molecule has 0 radical (unpaired) electrons. The molecule has 1 aliphatic heterocycles. The minimum Gasteiger partial charge on any atom is -0.493 e. The monoisotopic (exact) mass is 478 g/mol. The van der Waals surface area contributed by atoms with E-state index in [0.29, 0.717) is 38.9 Å². The molecule has 2 aromatic rings. The number of hydrogen-bond donors (Lipinski definition) is 1. The predicted molar refractivity (Wildman–Crippen MR) is 117 cm³/mol. The minimum atomic E-state index is -0.331. The normalized spacial score (nSPS) is 15.0. The lowest BCUT2D eigenvalue weighted by Crippen LogP contribution is -2.31. The van der Waals surface area contributed by atoms with Gasteiger partial charge >= 0.3 is 0 Å². The Balaban J connectivity index is 1.84. The minimum absolute atomic E-state index is 0.0579. The Kier molecular flexibility index (Phi) is 6.87. The third kappa shape index (κ3) is 4.76. The van der Waals surface area contributed by atoms with Crippen LogP contribution in [-0.4, -0.2) is 29.6 Å². The number of ether oxygens (including phenoxy) is 2. The Morgan fingerprint density at radius 3 is 2.76 bits per heavy atom. The molecule has 1 aliphatic rings. The second kappa shape index (κ2) is 9.37. The standard InChI is InChI=1S/C21H20BrFN2O3S/c1-3-8-25-20(26)17(24-21(25)29)10-13-9-15(22)19(18(11-13)27-2)28-12-14-6-4-5-7-16(14)23/h4-7,9-11H,3,8,12H2,1-2H3,(H,24,29)/b17-10-. The first-order valence-electron chi connectivity index (χ1n) is 9.02. The highest BCUT2D eigenvalue weighted by Crippen LogP contribution is 2.38. The van der Waals surface area contributed by atoms with Crippen molar-refractivity contribution in [2.24, 2.45) is 0 Å². The van der Waals surface area contributed by atoms with Crippen molar-refractivity contribution >= 4 is 45.2 Å². The lowest BCUT2D eigenvalue weighted by molar-refractivity contribution is -0.122. The molecule has 5 nitrogen and oxygen atoms in total. The quantitative estimate of drug-likeness (QED) is 0.463. The number of halogens is 2. The van der Waals surface area contributed by atoms with Crippen LogP contribution in [0.15, 0.2) is 46.6 Å². The van der Waals surface area contributed by atoms with Crippen molar-refractivity contribution in [3.8, 4) is 11.5 Å². The van der Waals surface area contributed by atoms with Crippen LogP contribution in [0.5, 0.6) is 11.5 Å². The molecule has 0 saturated carbocycles. The van der Waals surface area contributed by atoms with Crippen LogP contribution >= 0.6 is 28.1 Å². The highest BCUT2D eigenvalue weighted by atomic mass is 79.9. The summed E-state index contributed by atoms with van der Waals surface area (Å²) in [4.78, 5) is 14.1. The van der Waals surface area contributed by atoms with Crippen LogP contribution in [-0.2, 0) is 11.4 Å². The summed E-state index contributed by atoms with van der Waals surface area (Å²) in [5.74, 6) is 0.418. The molecule has 2 aromatic carbocycles. The van der Waals surface area contributed by atoms with E-state index in [-0.39, 0.29) is 18.3 Å². The molecule has 8 heteroatoms. The van der Waals surface area contributed by atoms with Gasteiger partial charge in [-0.2, -0.15) is 0 Å². The van der Waals surface area contributed by atoms with Crippen LogP contribution in [0.1, 0.15) is 24.5 Å². The number of benzene rings is 2.